The van der Waals surface area contributed by atoms with Gasteiger partial charge in [-0.2, -0.15) is 0 Å². The van der Waals surface area contributed by atoms with E-state index in [4.69, 9.17) is 4.74 Å². The maximum Gasteiger partial charge on any atom is 0.248 e. The van der Waals surface area contributed by atoms with E-state index in [1.165, 1.54) is 24.8 Å². The van der Waals surface area contributed by atoms with Gasteiger partial charge in [-0.3, -0.25) is 4.79 Å². The molecule has 0 spiro atoms. The van der Waals surface area contributed by atoms with Crippen LogP contribution in [-0.4, -0.2) is 25.2 Å². The number of aromatic nitrogens is 1. The van der Waals surface area contributed by atoms with Crippen LogP contribution < -0.4 is 10.9 Å². The highest BCUT2D eigenvalue weighted by Crippen LogP contribution is 2.48. The lowest BCUT2D eigenvalue weighted by Crippen LogP contribution is -2.32. The molecule has 0 radical (unpaired) electrons. The molecule has 0 bridgehead atoms. The van der Waals surface area contributed by atoms with E-state index >= 15 is 0 Å². The lowest BCUT2D eigenvalue weighted by atomic mass is 9.90. The van der Waals surface area contributed by atoms with Crippen molar-refractivity contribution < 1.29 is 4.74 Å². The minimum Gasteiger partial charge on any atom is -0.385 e. The van der Waals surface area contributed by atoms with Crippen molar-refractivity contribution in [3.63, 3.8) is 0 Å². The number of aromatic amines is 1. The fourth-order valence-corrected chi connectivity index (χ4v) is 3.26. The van der Waals surface area contributed by atoms with Gasteiger partial charge in [0.05, 0.1) is 0 Å². The number of methoxy groups -OCH3 is 1. The molecule has 4 nitrogen and oxygen atoms in total. The summed E-state index contributed by atoms with van der Waals surface area (Å²) in [5, 5.41) is 3.73. The van der Waals surface area contributed by atoms with Crippen LogP contribution >= 0.6 is 0 Å². The van der Waals surface area contributed by atoms with Crippen LogP contribution in [0.2, 0.25) is 0 Å². The SMILES string of the molecule is COCCC1(CNC2CCCc3[nH]c(=O)ccc32)CC1. The van der Waals surface area contributed by atoms with E-state index < -0.39 is 0 Å². The van der Waals surface area contributed by atoms with Crippen LogP contribution in [0.3, 0.4) is 0 Å². The number of nitrogens with one attached hydrogen (secondary N) is 2. The average Bonchev–Trinajstić information content (AvgIpc) is 3.23. The largest absolute Gasteiger partial charge is 0.385 e. The molecule has 2 aliphatic carbocycles. The Kier molecular flexibility index (Phi) is 3.94. The number of fused-ring (bicyclic) bond motifs is 1. The standard InChI is InChI=1S/C16H24N2O2/c1-20-10-9-16(7-8-16)11-17-13-3-2-4-14-12(13)5-6-15(19)18-14/h5-6,13,17H,2-4,7-11H2,1H3,(H,18,19). The van der Waals surface area contributed by atoms with Crippen LogP contribution in [0.4, 0.5) is 0 Å². The van der Waals surface area contributed by atoms with E-state index in [1.807, 2.05) is 6.07 Å². The van der Waals surface area contributed by atoms with Crippen molar-refractivity contribution in [3.8, 4) is 0 Å². The first-order chi connectivity index (χ1) is 9.72. The van der Waals surface area contributed by atoms with E-state index in [2.05, 4.69) is 10.3 Å². The van der Waals surface area contributed by atoms with E-state index in [0.717, 1.165) is 38.1 Å². The van der Waals surface area contributed by atoms with Crippen molar-refractivity contribution in [3.05, 3.63) is 33.7 Å². The maximum absolute atomic E-state index is 11.4. The minimum atomic E-state index is 0.0168. The molecule has 0 amide bonds. The summed E-state index contributed by atoms with van der Waals surface area (Å²) in [5.41, 5.74) is 2.90. The van der Waals surface area contributed by atoms with Crippen molar-refractivity contribution in [1.29, 1.82) is 0 Å². The van der Waals surface area contributed by atoms with Gasteiger partial charge in [0, 0.05) is 38.1 Å². The van der Waals surface area contributed by atoms with Crippen LogP contribution in [0, 0.1) is 5.41 Å². The first-order valence-electron chi connectivity index (χ1n) is 7.67. The monoisotopic (exact) mass is 276 g/mol. The summed E-state index contributed by atoms with van der Waals surface area (Å²) >= 11 is 0. The van der Waals surface area contributed by atoms with Crippen molar-refractivity contribution in [2.24, 2.45) is 5.41 Å². The molecule has 1 heterocycles. The van der Waals surface area contributed by atoms with Gasteiger partial charge in [0.1, 0.15) is 0 Å². The molecule has 110 valence electrons. The molecule has 4 heteroatoms. The Morgan fingerprint density at radius 3 is 3.05 bits per heavy atom. The maximum atomic E-state index is 11.4. The summed E-state index contributed by atoms with van der Waals surface area (Å²) in [6.45, 7) is 1.93. The number of hydrogen-bond acceptors (Lipinski definition) is 3. The summed E-state index contributed by atoms with van der Waals surface area (Å²) in [6.07, 6.45) is 7.10. The van der Waals surface area contributed by atoms with Crippen LogP contribution in [0.5, 0.6) is 0 Å². The van der Waals surface area contributed by atoms with Crippen LogP contribution in [-0.2, 0) is 11.2 Å². The van der Waals surface area contributed by atoms with Crippen molar-refractivity contribution in [2.45, 2.75) is 44.6 Å². The minimum absolute atomic E-state index is 0.0168. The van der Waals surface area contributed by atoms with E-state index in [9.17, 15) is 4.79 Å². The van der Waals surface area contributed by atoms with Crippen molar-refractivity contribution >= 4 is 0 Å². The molecule has 2 aliphatic rings. The average molecular weight is 276 g/mol. The Hall–Kier alpha value is -1.13. The number of rotatable bonds is 6. The van der Waals surface area contributed by atoms with Gasteiger partial charge in [-0.05, 0) is 49.5 Å². The Bertz CT molecular complexity index is 519. The van der Waals surface area contributed by atoms with Crippen LogP contribution in [0.25, 0.3) is 0 Å². The molecule has 2 N–H and O–H groups in total. The molecule has 1 atom stereocenters. The normalized spacial score (nSPS) is 23.4. The molecule has 0 aromatic carbocycles. The number of aryl methyl sites for hydroxylation is 1. The van der Waals surface area contributed by atoms with E-state index in [0.29, 0.717) is 11.5 Å². The fourth-order valence-electron chi connectivity index (χ4n) is 3.26. The van der Waals surface area contributed by atoms with Gasteiger partial charge in [0.15, 0.2) is 0 Å². The third-order valence-corrected chi connectivity index (χ3v) is 4.85. The van der Waals surface area contributed by atoms with E-state index in [1.54, 1.807) is 13.2 Å². The highest BCUT2D eigenvalue weighted by molar-refractivity contribution is 5.26. The first-order valence-corrected chi connectivity index (χ1v) is 7.67. The summed E-state index contributed by atoms with van der Waals surface area (Å²) in [4.78, 5) is 14.4. The second kappa shape index (κ2) is 5.70. The van der Waals surface area contributed by atoms with Crippen molar-refractivity contribution in [1.82, 2.24) is 10.3 Å². The number of H-pyrrole nitrogens is 1. The van der Waals surface area contributed by atoms with Gasteiger partial charge < -0.3 is 15.0 Å². The van der Waals surface area contributed by atoms with E-state index in [-0.39, 0.29) is 5.56 Å². The highest BCUT2D eigenvalue weighted by Gasteiger charge is 2.42. The topological polar surface area (TPSA) is 54.1 Å². The molecule has 1 unspecified atom stereocenters. The molecule has 1 aromatic heterocycles. The summed E-state index contributed by atoms with van der Waals surface area (Å²) in [5.74, 6) is 0. The lowest BCUT2D eigenvalue weighted by Gasteiger charge is -2.28. The predicted octanol–water partition coefficient (Wildman–Crippen LogP) is 2.16. The molecule has 0 saturated heterocycles. The van der Waals surface area contributed by atoms with Gasteiger partial charge in [-0.15, -0.1) is 0 Å². The highest BCUT2D eigenvalue weighted by atomic mass is 16.5. The summed E-state index contributed by atoms with van der Waals surface area (Å²) in [6, 6.07) is 4.05. The van der Waals surface area contributed by atoms with Gasteiger partial charge >= 0.3 is 0 Å². The Morgan fingerprint density at radius 2 is 2.30 bits per heavy atom. The van der Waals surface area contributed by atoms with Crippen LogP contribution in [0.15, 0.2) is 16.9 Å². The van der Waals surface area contributed by atoms with Gasteiger partial charge in [-0.1, -0.05) is 6.07 Å². The smallest absolute Gasteiger partial charge is 0.248 e. The molecule has 1 aromatic rings. The summed E-state index contributed by atoms with van der Waals surface area (Å²) < 4.78 is 5.21. The Labute approximate surface area is 119 Å². The third kappa shape index (κ3) is 2.96. The number of hydrogen-bond donors (Lipinski definition) is 2. The molecule has 3 rings (SSSR count). The van der Waals surface area contributed by atoms with Gasteiger partial charge in [-0.25, -0.2) is 0 Å². The molecule has 0 aliphatic heterocycles. The molecule has 1 saturated carbocycles. The zero-order valence-corrected chi connectivity index (χ0v) is 12.2. The summed E-state index contributed by atoms with van der Waals surface area (Å²) in [7, 11) is 1.78. The van der Waals surface area contributed by atoms with Gasteiger partial charge in [0.2, 0.25) is 5.56 Å². The van der Waals surface area contributed by atoms with Crippen LogP contribution in [0.1, 0.15) is 49.4 Å². The Balaban J connectivity index is 1.63. The van der Waals surface area contributed by atoms with Crippen molar-refractivity contribution in [2.75, 3.05) is 20.3 Å². The number of pyridine rings is 1. The first kappa shape index (κ1) is 13.8. The fraction of sp³-hybridized carbons (Fsp3) is 0.688. The Morgan fingerprint density at radius 1 is 1.45 bits per heavy atom. The predicted molar refractivity (Wildman–Crippen MR) is 78.9 cm³/mol. The van der Waals surface area contributed by atoms with Gasteiger partial charge in [0.25, 0.3) is 0 Å². The molecule has 1 fully saturated rings. The molecular formula is C16H24N2O2. The number of ether oxygens (including phenoxy) is 1. The quantitative estimate of drug-likeness (QED) is 0.837. The zero-order valence-electron chi connectivity index (χ0n) is 12.2. The molecule has 20 heavy (non-hydrogen) atoms. The lowest BCUT2D eigenvalue weighted by molar-refractivity contribution is 0.169. The molecular weight excluding hydrogens is 252 g/mol. The third-order valence-electron chi connectivity index (χ3n) is 4.85. The zero-order chi connectivity index (χ0) is 14.0. The second-order valence-electron chi connectivity index (χ2n) is 6.32. The second-order valence-corrected chi connectivity index (χ2v) is 6.32.